The molecule has 0 saturated carbocycles. The Kier molecular flexibility index (Phi) is 5.03. The smallest absolute Gasteiger partial charge is 0.263 e. The van der Waals surface area contributed by atoms with Crippen molar-refractivity contribution >= 4 is 54.8 Å². The van der Waals surface area contributed by atoms with Gasteiger partial charge in [0, 0.05) is 4.47 Å². The van der Waals surface area contributed by atoms with Crippen molar-refractivity contribution in [1.29, 1.82) is 0 Å². The van der Waals surface area contributed by atoms with Crippen molar-refractivity contribution in [1.82, 2.24) is 0 Å². The Hall–Kier alpha value is -0.950. The number of benzene rings is 2. The summed E-state index contributed by atoms with van der Waals surface area (Å²) >= 11 is 15.2. The normalized spacial score (nSPS) is 11.2. The van der Waals surface area contributed by atoms with Gasteiger partial charge in [0.2, 0.25) is 0 Å². The van der Waals surface area contributed by atoms with E-state index in [4.69, 9.17) is 27.9 Å². The fourth-order valence-corrected chi connectivity index (χ4v) is 3.98. The highest BCUT2D eigenvalue weighted by molar-refractivity contribution is 9.10. The molecule has 0 bridgehead atoms. The summed E-state index contributed by atoms with van der Waals surface area (Å²) in [6.07, 6.45) is 0. The predicted molar refractivity (Wildman–Crippen MR) is 88.0 cm³/mol. The molecule has 2 rings (SSSR count). The lowest BCUT2D eigenvalue weighted by molar-refractivity contribution is 0.415. The number of rotatable bonds is 4. The van der Waals surface area contributed by atoms with Gasteiger partial charge in [0.25, 0.3) is 10.0 Å². The van der Waals surface area contributed by atoms with Gasteiger partial charge in [0.15, 0.2) is 0 Å². The van der Waals surface area contributed by atoms with Crippen molar-refractivity contribution in [2.45, 2.75) is 4.90 Å². The first-order valence-electron chi connectivity index (χ1n) is 5.65. The van der Waals surface area contributed by atoms with Crippen LogP contribution < -0.4 is 9.46 Å². The molecule has 0 aliphatic rings. The van der Waals surface area contributed by atoms with Crippen LogP contribution in [0, 0.1) is 0 Å². The van der Waals surface area contributed by atoms with Crippen LogP contribution >= 0.6 is 39.1 Å². The van der Waals surface area contributed by atoms with E-state index < -0.39 is 10.0 Å². The van der Waals surface area contributed by atoms with Gasteiger partial charge in [-0.05, 0) is 36.4 Å². The Morgan fingerprint density at radius 2 is 1.81 bits per heavy atom. The summed E-state index contributed by atoms with van der Waals surface area (Å²) < 4.78 is 32.8. The van der Waals surface area contributed by atoms with Crippen molar-refractivity contribution in [3.05, 3.63) is 50.9 Å². The Labute approximate surface area is 141 Å². The van der Waals surface area contributed by atoms with Gasteiger partial charge in [-0.15, -0.1) is 0 Å². The summed E-state index contributed by atoms with van der Waals surface area (Å²) in [6.45, 7) is 0. The molecule has 0 fully saturated rings. The van der Waals surface area contributed by atoms with Gasteiger partial charge in [0.05, 0.1) is 22.8 Å². The predicted octanol–water partition coefficient (Wildman–Crippen LogP) is 4.57. The molecule has 0 radical (unpaired) electrons. The van der Waals surface area contributed by atoms with Crippen molar-refractivity contribution in [3.8, 4) is 5.75 Å². The Balaban J connectivity index is 2.35. The lowest BCUT2D eigenvalue weighted by atomic mass is 10.3. The van der Waals surface area contributed by atoms with Gasteiger partial charge in [-0.25, -0.2) is 8.42 Å². The fourth-order valence-electron chi connectivity index (χ4n) is 1.63. The Morgan fingerprint density at radius 1 is 1.10 bits per heavy atom. The zero-order chi connectivity index (χ0) is 15.6. The SMILES string of the molecule is COc1ccc(NS(=O)(=O)c2ccc(Br)cc2Cl)cc1Cl. The van der Waals surface area contributed by atoms with Crippen LogP contribution in [0.4, 0.5) is 5.69 Å². The summed E-state index contributed by atoms with van der Waals surface area (Å²) in [5, 5.41) is 0.427. The number of nitrogens with one attached hydrogen (secondary N) is 1. The van der Waals surface area contributed by atoms with Gasteiger partial charge in [-0.2, -0.15) is 0 Å². The molecule has 2 aromatic carbocycles. The second kappa shape index (κ2) is 6.44. The molecule has 0 spiro atoms. The zero-order valence-corrected chi connectivity index (χ0v) is 14.6. The third-order valence-electron chi connectivity index (χ3n) is 2.59. The molecule has 0 amide bonds. The van der Waals surface area contributed by atoms with Crippen LogP contribution in [-0.2, 0) is 10.0 Å². The molecular weight excluding hydrogens is 401 g/mol. The molecular formula is C13H10BrCl2NO3S. The Bertz CT molecular complexity index is 781. The average molecular weight is 411 g/mol. The lowest BCUT2D eigenvalue weighted by Gasteiger charge is -2.11. The first-order chi connectivity index (χ1) is 9.83. The highest BCUT2D eigenvalue weighted by Gasteiger charge is 2.18. The van der Waals surface area contributed by atoms with E-state index in [1.165, 1.54) is 25.3 Å². The van der Waals surface area contributed by atoms with E-state index in [2.05, 4.69) is 20.7 Å². The zero-order valence-electron chi connectivity index (χ0n) is 10.7. The summed E-state index contributed by atoms with van der Waals surface area (Å²) in [5.74, 6) is 0.460. The standard InChI is InChI=1S/C13H10BrCl2NO3S/c1-20-12-4-3-9(7-10(12)15)17-21(18,19)13-5-2-8(14)6-11(13)16/h2-7,17H,1H3. The molecule has 8 heteroatoms. The fraction of sp³-hybridized carbons (Fsp3) is 0.0769. The number of hydrogen-bond donors (Lipinski definition) is 1. The minimum Gasteiger partial charge on any atom is -0.495 e. The van der Waals surface area contributed by atoms with Crippen molar-refractivity contribution in [2.24, 2.45) is 0 Å². The maximum atomic E-state index is 12.3. The first kappa shape index (κ1) is 16.4. The third-order valence-corrected chi connectivity index (χ3v) is 5.24. The number of ether oxygens (including phenoxy) is 1. The number of anilines is 1. The highest BCUT2D eigenvalue weighted by atomic mass is 79.9. The van der Waals surface area contributed by atoms with E-state index in [0.717, 1.165) is 0 Å². The topological polar surface area (TPSA) is 55.4 Å². The average Bonchev–Trinajstić information content (AvgIpc) is 2.37. The first-order valence-corrected chi connectivity index (χ1v) is 8.68. The van der Waals surface area contributed by atoms with E-state index in [-0.39, 0.29) is 9.92 Å². The quantitative estimate of drug-likeness (QED) is 0.803. The van der Waals surface area contributed by atoms with E-state index >= 15 is 0 Å². The maximum absolute atomic E-state index is 12.3. The summed E-state index contributed by atoms with van der Waals surface area (Å²) in [4.78, 5) is -0.0145. The number of sulfonamides is 1. The van der Waals surface area contributed by atoms with Crippen LogP contribution in [0.15, 0.2) is 45.8 Å². The van der Waals surface area contributed by atoms with Gasteiger partial charge in [-0.3, -0.25) is 4.72 Å². The van der Waals surface area contributed by atoms with Crippen LogP contribution in [0.1, 0.15) is 0 Å². The maximum Gasteiger partial charge on any atom is 0.263 e. The van der Waals surface area contributed by atoms with E-state index in [1.54, 1.807) is 18.2 Å². The molecule has 1 N–H and O–H groups in total. The summed E-state index contributed by atoms with van der Waals surface area (Å²) in [6, 6.07) is 9.11. The highest BCUT2D eigenvalue weighted by Crippen LogP contribution is 2.30. The van der Waals surface area contributed by atoms with E-state index in [9.17, 15) is 8.42 Å². The summed E-state index contributed by atoms with van der Waals surface area (Å²) in [7, 11) is -2.32. The van der Waals surface area contributed by atoms with Crippen LogP contribution in [0.5, 0.6) is 5.75 Å². The van der Waals surface area contributed by atoms with Gasteiger partial charge >= 0.3 is 0 Å². The van der Waals surface area contributed by atoms with Gasteiger partial charge in [0.1, 0.15) is 10.6 Å². The van der Waals surface area contributed by atoms with Crippen molar-refractivity contribution in [2.75, 3.05) is 11.8 Å². The second-order valence-corrected chi connectivity index (χ2v) is 7.41. The molecule has 0 aromatic heterocycles. The molecule has 0 atom stereocenters. The van der Waals surface area contributed by atoms with Crippen LogP contribution in [0.2, 0.25) is 10.0 Å². The largest absolute Gasteiger partial charge is 0.495 e. The Morgan fingerprint density at radius 3 is 2.38 bits per heavy atom. The van der Waals surface area contributed by atoms with Crippen molar-refractivity contribution < 1.29 is 13.2 Å². The molecule has 0 aliphatic heterocycles. The van der Waals surface area contributed by atoms with E-state index in [1.807, 2.05) is 0 Å². The molecule has 0 saturated heterocycles. The molecule has 0 heterocycles. The minimum absolute atomic E-state index is 0.0145. The lowest BCUT2D eigenvalue weighted by Crippen LogP contribution is -2.13. The number of methoxy groups -OCH3 is 1. The molecule has 112 valence electrons. The third kappa shape index (κ3) is 3.83. The van der Waals surface area contributed by atoms with Crippen LogP contribution in [-0.4, -0.2) is 15.5 Å². The summed E-state index contributed by atoms with van der Waals surface area (Å²) in [5.41, 5.74) is 0.319. The van der Waals surface area contributed by atoms with Crippen molar-refractivity contribution in [3.63, 3.8) is 0 Å². The minimum atomic E-state index is -3.80. The van der Waals surface area contributed by atoms with Crippen LogP contribution in [0.25, 0.3) is 0 Å². The van der Waals surface area contributed by atoms with Crippen LogP contribution in [0.3, 0.4) is 0 Å². The van der Waals surface area contributed by atoms with E-state index in [0.29, 0.717) is 20.9 Å². The molecule has 0 unspecified atom stereocenters. The number of halogens is 3. The molecule has 21 heavy (non-hydrogen) atoms. The number of hydrogen-bond acceptors (Lipinski definition) is 3. The molecule has 0 aliphatic carbocycles. The molecule has 4 nitrogen and oxygen atoms in total. The monoisotopic (exact) mass is 409 g/mol. The van der Waals surface area contributed by atoms with Gasteiger partial charge < -0.3 is 4.74 Å². The van der Waals surface area contributed by atoms with Gasteiger partial charge in [-0.1, -0.05) is 39.1 Å². The second-order valence-electron chi connectivity index (χ2n) is 4.03. The molecule has 2 aromatic rings.